The lowest BCUT2D eigenvalue weighted by Crippen LogP contribution is -2.29. The average molecular weight is 715 g/mol. The normalized spacial score (nSPS) is 13.1. The van der Waals surface area contributed by atoms with Crippen LogP contribution in [0.4, 0.5) is 16.4 Å². The number of ether oxygens (including phenoxy) is 3. The number of esters is 1. The highest BCUT2D eigenvalue weighted by Gasteiger charge is 2.37. The maximum atomic E-state index is 12.5. The predicted molar refractivity (Wildman–Crippen MR) is 195 cm³/mol. The maximum absolute atomic E-state index is 12.5. The number of anilines is 2. The Morgan fingerprint density at radius 1 is 1.08 bits per heavy atom. The van der Waals surface area contributed by atoms with Crippen molar-refractivity contribution >= 4 is 52.7 Å². The molecule has 5 rings (SSSR count). The number of nitriles is 1. The van der Waals surface area contributed by atoms with Crippen molar-refractivity contribution in [3.63, 3.8) is 0 Å². The van der Waals surface area contributed by atoms with Gasteiger partial charge in [0.15, 0.2) is 0 Å². The van der Waals surface area contributed by atoms with Crippen molar-refractivity contribution < 1.29 is 23.8 Å². The summed E-state index contributed by atoms with van der Waals surface area (Å²) in [5.41, 5.74) is 10.9. The van der Waals surface area contributed by atoms with Gasteiger partial charge in [0.25, 0.3) is 0 Å². The molecule has 13 heteroatoms. The summed E-state index contributed by atoms with van der Waals surface area (Å²) in [6.07, 6.45) is 1.11. The van der Waals surface area contributed by atoms with Gasteiger partial charge >= 0.3 is 12.1 Å². The largest absolute Gasteiger partial charge is 0.473 e. The minimum absolute atomic E-state index is 0.0276. The molecule has 0 unspecified atom stereocenters. The molecule has 2 aromatic carbocycles. The number of nitrogens with zero attached hydrogens (tertiary/aromatic N) is 4. The molecule has 0 radical (unpaired) electrons. The van der Waals surface area contributed by atoms with Gasteiger partial charge in [0.05, 0.1) is 6.54 Å². The van der Waals surface area contributed by atoms with Crippen LogP contribution in [0.5, 0.6) is 5.88 Å². The fourth-order valence-electron chi connectivity index (χ4n) is 5.42. The highest BCUT2D eigenvalue weighted by atomic mass is 35.5. The number of carbonyl (C=O) groups is 2. The molecule has 260 valence electrons. The molecule has 0 fully saturated rings. The van der Waals surface area contributed by atoms with Gasteiger partial charge < -0.3 is 30.2 Å². The van der Waals surface area contributed by atoms with Gasteiger partial charge in [-0.15, -0.1) is 11.3 Å². The van der Waals surface area contributed by atoms with Crippen LogP contribution in [0.25, 0.3) is 16.5 Å². The average Bonchev–Trinajstić information content (AvgIpc) is 3.56. The summed E-state index contributed by atoms with van der Waals surface area (Å²) in [6.45, 7) is 11.0. The number of likely N-dealkylation sites (N-methyl/N-ethyl adjacent to an activating group) is 1. The predicted octanol–water partition coefficient (Wildman–Crippen LogP) is 7.27. The van der Waals surface area contributed by atoms with E-state index < -0.39 is 17.7 Å². The first kappa shape index (κ1) is 36.2. The molecule has 0 aliphatic heterocycles. The first-order chi connectivity index (χ1) is 23.6. The number of hydrogen-bond donors (Lipinski definition) is 2. The Morgan fingerprint density at radius 2 is 1.80 bits per heavy atom. The highest BCUT2D eigenvalue weighted by molar-refractivity contribution is 7.16. The van der Waals surface area contributed by atoms with E-state index >= 15 is 0 Å². The van der Waals surface area contributed by atoms with Crippen molar-refractivity contribution in [1.29, 1.82) is 5.26 Å². The summed E-state index contributed by atoms with van der Waals surface area (Å²) in [6, 6.07) is 19.4. The van der Waals surface area contributed by atoms with Crippen LogP contribution in [0.1, 0.15) is 61.7 Å². The SMILES string of the molecule is CN(CCOC(=O)NCc1ccc(COc2cc(Cl)nc(N)n2)cc1)c1ccc2c(c1)C(C)(C)c1cc(/C=C(\C#N)C(=O)OC(C)(C)C)sc1-2. The zero-order valence-electron chi connectivity index (χ0n) is 28.8. The van der Waals surface area contributed by atoms with E-state index in [1.807, 2.05) is 43.4 Å². The lowest BCUT2D eigenvalue weighted by Gasteiger charge is -2.24. The third-order valence-electron chi connectivity index (χ3n) is 8.01. The molecule has 3 N–H and O–H groups in total. The van der Waals surface area contributed by atoms with Crippen LogP contribution in [0.15, 0.2) is 60.2 Å². The molecule has 1 aliphatic rings. The molecule has 2 heterocycles. The lowest BCUT2D eigenvalue weighted by atomic mass is 9.82. The molecule has 2 aromatic heterocycles. The molecule has 50 heavy (non-hydrogen) atoms. The summed E-state index contributed by atoms with van der Waals surface area (Å²) in [5, 5.41) is 12.6. The molecular formula is C37H39ClN6O5S. The number of hydrogen-bond acceptors (Lipinski definition) is 11. The fraction of sp³-hybridized carbons (Fsp3) is 0.324. The Balaban J connectivity index is 1.11. The summed E-state index contributed by atoms with van der Waals surface area (Å²) in [4.78, 5) is 36.7. The van der Waals surface area contributed by atoms with E-state index in [0.29, 0.717) is 13.1 Å². The lowest BCUT2D eigenvalue weighted by molar-refractivity contribution is -0.149. The smallest absolute Gasteiger partial charge is 0.407 e. The number of thiophene rings is 1. The summed E-state index contributed by atoms with van der Waals surface area (Å²) >= 11 is 7.44. The van der Waals surface area contributed by atoms with Crippen molar-refractivity contribution in [2.45, 2.75) is 58.8 Å². The van der Waals surface area contributed by atoms with E-state index in [4.69, 9.17) is 31.5 Å². The summed E-state index contributed by atoms with van der Waals surface area (Å²) in [7, 11) is 1.96. The first-order valence-corrected chi connectivity index (χ1v) is 17.1. The van der Waals surface area contributed by atoms with E-state index in [9.17, 15) is 14.9 Å². The van der Waals surface area contributed by atoms with E-state index in [1.165, 1.54) is 11.6 Å². The number of amides is 1. The number of nitrogens with one attached hydrogen (secondary N) is 1. The third kappa shape index (κ3) is 8.72. The van der Waals surface area contributed by atoms with Gasteiger partial charge in [-0.1, -0.05) is 55.8 Å². The van der Waals surface area contributed by atoms with Crippen molar-refractivity contribution in [3.8, 4) is 22.4 Å². The molecule has 11 nitrogen and oxygen atoms in total. The van der Waals surface area contributed by atoms with Crippen LogP contribution in [-0.4, -0.2) is 47.8 Å². The van der Waals surface area contributed by atoms with E-state index in [0.717, 1.165) is 37.7 Å². The third-order valence-corrected chi connectivity index (χ3v) is 9.32. The second kappa shape index (κ2) is 14.8. The van der Waals surface area contributed by atoms with Gasteiger partial charge in [0, 0.05) is 40.5 Å². The second-order valence-electron chi connectivity index (χ2n) is 13.3. The molecule has 0 saturated carbocycles. The van der Waals surface area contributed by atoms with Gasteiger partial charge in [0.2, 0.25) is 11.8 Å². The Labute approximate surface area is 300 Å². The molecule has 0 spiro atoms. The topological polar surface area (TPSA) is 153 Å². The first-order valence-electron chi connectivity index (χ1n) is 15.9. The summed E-state index contributed by atoms with van der Waals surface area (Å²) < 4.78 is 16.5. The molecule has 0 atom stereocenters. The van der Waals surface area contributed by atoms with E-state index in [-0.39, 0.29) is 41.2 Å². The number of aromatic nitrogens is 2. The number of alkyl carbamates (subject to hydrolysis) is 1. The maximum Gasteiger partial charge on any atom is 0.407 e. The van der Waals surface area contributed by atoms with Crippen molar-refractivity contribution in [2.75, 3.05) is 30.8 Å². The van der Waals surface area contributed by atoms with Crippen LogP contribution in [0.3, 0.4) is 0 Å². The quantitative estimate of drug-likeness (QED) is 0.0702. The van der Waals surface area contributed by atoms with Gasteiger partial charge in [-0.3, -0.25) is 0 Å². The number of nitrogens with two attached hydrogens (primary N) is 1. The molecule has 0 bridgehead atoms. The van der Waals surface area contributed by atoms with Gasteiger partial charge in [0.1, 0.15) is 35.6 Å². The molecule has 0 saturated heterocycles. The molecule has 1 aliphatic carbocycles. The van der Waals surface area contributed by atoms with Gasteiger partial charge in [-0.05, 0) is 72.9 Å². The number of carbonyl (C=O) groups excluding carboxylic acids is 2. The van der Waals surface area contributed by atoms with E-state index in [1.54, 1.807) is 38.2 Å². The Kier molecular flexibility index (Phi) is 10.7. The Hall–Kier alpha value is -5.12. The van der Waals surface area contributed by atoms with Gasteiger partial charge in [-0.25, -0.2) is 14.6 Å². The number of benzene rings is 2. The fourth-order valence-corrected chi connectivity index (χ4v) is 6.90. The number of halogens is 1. The highest BCUT2D eigenvalue weighted by Crippen LogP contribution is 2.53. The van der Waals surface area contributed by atoms with Crippen LogP contribution < -0.4 is 20.7 Å². The number of rotatable bonds is 11. The van der Waals surface area contributed by atoms with E-state index in [2.05, 4.69) is 52.2 Å². The minimum atomic E-state index is -0.687. The van der Waals surface area contributed by atoms with Crippen LogP contribution in [0, 0.1) is 11.3 Å². The number of fused-ring (bicyclic) bond motifs is 3. The zero-order valence-corrected chi connectivity index (χ0v) is 30.4. The van der Waals surface area contributed by atoms with Crippen LogP contribution in [-0.2, 0) is 32.8 Å². The molecule has 1 amide bonds. The second-order valence-corrected chi connectivity index (χ2v) is 14.8. The minimum Gasteiger partial charge on any atom is -0.473 e. The van der Waals surface area contributed by atoms with Crippen molar-refractivity contribution in [2.24, 2.45) is 0 Å². The molecule has 4 aromatic rings. The van der Waals surface area contributed by atoms with Crippen molar-refractivity contribution in [1.82, 2.24) is 15.3 Å². The summed E-state index contributed by atoms with van der Waals surface area (Å²) in [5.74, 6) is -0.302. The van der Waals surface area contributed by atoms with Crippen LogP contribution in [0.2, 0.25) is 5.15 Å². The van der Waals surface area contributed by atoms with Gasteiger partial charge in [-0.2, -0.15) is 10.2 Å². The molecular weight excluding hydrogens is 676 g/mol. The Morgan fingerprint density at radius 3 is 2.48 bits per heavy atom. The number of nitrogen functional groups attached to an aromatic ring is 1. The van der Waals surface area contributed by atoms with Crippen LogP contribution >= 0.6 is 22.9 Å². The monoisotopic (exact) mass is 714 g/mol. The Bertz CT molecular complexity index is 1960. The standard InChI is InChI=1S/C37H39ClN6O5S/c1-36(2,3)49-33(45)24(19-39)15-26-17-29-32(50-26)27-12-11-25(16-28(27)37(29,4)5)44(6)13-14-47-35(46)41-20-22-7-9-23(10-8-22)21-48-31-18-30(38)42-34(40)43-31/h7-12,15-18H,13-14,20-21H2,1-6H3,(H,41,46)(H2,40,42,43)/b24-15+. The zero-order chi connectivity index (χ0) is 36.2. The van der Waals surface area contributed by atoms with Crippen molar-refractivity contribution in [3.05, 3.63) is 92.5 Å².